The van der Waals surface area contributed by atoms with Crippen LogP contribution in [0.3, 0.4) is 0 Å². The van der Waals surface area contributed by atoms with Crippen molar-refractivity contribution in [1.82, 2.24) is 9.80 Å². The van der Waals surface area contributed by atoms with Crippen LogP contribution in [0.5, 0.6) is 0 Å². The summed E-state index contributed by atoms with van der Waals surface area (Å²) in [6.07, 6.45) is 4.24. The lowest BCUT2D eigenvalue weighted by molar-refractivity contribution is -0.122. The van der Waals surface area contributed by atoms with Crippen LogP contribution in [0, 0.1) is 0 Å². The molecule has 6 heteroatoms. The Morgan fingerprint density at radius 1 is 1.53 bits per heavy atom. The quantitative estimate of drug-likeness (QED) is 0.616. The molecule has 1 aromatic rings. The molecule has 0 unspecified atom stereocenters. The average molecular weight is 296 g/mol. The average Bonchev–Trinajstić information content (AvgIpc) is 2.93. The summed E-state index contributed by atoms with van der Waals surface area (Å²) < 4.78 is 5.84. The predicted molar refractivity (Wildman–Crippen MR) is 81.8 cm³/mol. The number of carbonyl (C=O) groups excluding carboxylic acids is 1. The third kappa shape index (κ3) is 3.68. The van der Waals surface area contributed by atoms with Crippen molar-refractivity contribution in [2.24, 2.45) is 0 Å². The van der Waals surface area contributed by atoms with Gasteiger partial charge >= 0.3 is 0 Å². The second-order valence-corrected chi connectivity index (χ2v) is 6.18. The maximum absolute atomic E-state index is 12.2. The van der Waals surface area contributed by atoms with Crippen molar-refractivity contribution in [1.29, 1.82) is 0 Å². The van der Waals surface area contributed by atoms with Gasteiger partial charge in [0.25, 0.3) is 5.91 Å². The molecule has 19 heavy (non-hydrogen) atoms. The lowest BCUT2D eigenvalue weighted by Crippen LogP contribution is -2.30. The summed E-state index contributed by atoms with van der Waals surface area (Å²) in [6.45, 7) is 1.60. The van der Waals surface area contributed by atoms with E-state index in [1.54, 1.807) is 23.3 Å². The van der Waals surface area contributed by atoms with Gasteiger partial charge in [-0.05, 0) is 39.2 Å². The third-order valence-corrected chi connectivity index (χ3v) is 4.05. The molecule has 0 aliphatic carbocycles. The van der Waals surface area contributed by atoms with Crippen LogP contribution < -0.4 is 0 Å². The smallest absolute Gasteiger partial charge is 0.266 e. The lowest BCUT2D eigenvalue weighted by atomic mass is 10.3. The zero-order valence-corrected chi connectivity index (χ0v) is 12.6. The predicted octanol–water partition coefficient (Wildman–Crippen LogP) is 2.43. The molecule has 1 amide bonds. The molecular weight excluding hydrogens is 280 g/mol. The number of carbonyl (C=O) groups is 1. The van der Waals surface area contributed by atoms with Gasteiger partial charge in [-0.3, -0.25) is 9.69 Å². The summed E-state index contributed by atoms with van der Waals surface area (Å²) in [5.74, 6) is 0.652. The molecule has 1 aliphatic rings. The summed E-state index contributed by atoms with van der Waals surface area (Å²) in [6, 6.07) is 3.61. The second kappa shape index (κ2) is 6.36. The Balaban J connectivity index is 2.00. The van der Waals surface area contributed by atoms with Crippen molar-refractivity contribution in [3.8, 4) is 0 Å². The van der Waals surface area contributed by atoms with Gasteiger partial charge in [-0.15, -0.1) is 0 Å². The fourth-order valence-electron chi connectivity index (χ4n) is 1.74. The van der Waals surface area contributed by atoms with Gasteiger partial charge in [-0.25, -0.2) is 0 Å². The monoisotopic (exact) mass is 296 g/mol. The molecule has 2 rings (SSSR count). The fraction of sp³-hybridized carbons (Fsp3) is 0.385. The number of hydrogen-bond acceptors (Lipinski definition) is 5. The van der Waals surface area contributed by atoms with Crippen LogP contribution in [0.2, 0.25) is 0 Å². The molecule has 0 aromatic carbocycles. The van der Waals surface area contributed by atoms with Gasteiger partial charge in [-0.1, -0.05) is 24.0 Å². The Hall–Kier alpha value is -1.11. The van der Waals surface area contributed by atoms with Gasteiger partial charge in [-0.2, -0.15) is 0 Å². The third-order valence-electron chi connectivity index (χ3n) is 2.68. The maximum atomic E-state index is 12.2. The highest BCUT2D eigenvalue weighted by atomic mass is 32.2. The minimum absolute atomic E-state index is 0.0230. The summed E-state index contributed by atoms with van der Waals surface area (Å²) >= 11 is 6.59. The van der Waals surface area contributed by atoms with E-state index in [0.717, 1.165) is 13.0 Å². The van der Waals surface area contributed by atoms with Crippen molar-refractivity contribution < 1.29 is 9.21 Å². The molecule has 0 radical (unpaired) electrons. The largest absolute Gasteiger partial charge is 0.465 e. The van der Waals surface area contributed by atoms with Gasteiger partial charge in [0.05, 0.1) is 11.2 Å². The fourth-order valence-corrected chi connectivity index (χ4v) is 3.03. The molecule has 102 valence electrons. The Bertz CT molecular complexity index is 495. The maximum Gasteiger partial charge on any atom is 0.266 e. The molecular formula is C13H16N2O2S2. The lowest BCUT2D eigenvalue weighted by Gasteiger charge is -2.16. The van der Waals surface area contributed by atoms with Crippen LogP contribution in [0.1, 0.15) is 12.2 Å². The zero-order chi connectivity index (χ0) is 13.8. The van der Waals surface area contributed by atoms with Crippen molar-refractivity contribution in [2.75, 3.05) is 27.2 Å². The van der Waals surface area contributed by atoms with E-state index in [2.05, 4.69) is 4.90 Å². The van der Waals surface area contributed by atoms with Crippen LogP contribution in [0.15, 0.2) is 27.7 Å². The highest BCUT2D eigenvalue weighted by molar-refractivity contribution is 8.26. The molecule has 2 heterocycles. The second-order valence-electron chi connectivity index (χ2n) is 4.51. The molecule has 1 saturated heterocycles. The highest BCUT2D eigenvalue weighted by Crippen LogP contribution is 2.32. The first-order chi connectivity index (χ1) is 9.08. The van der Waals surface area contributed by atoms with Crippen LogP contribution >= 0.6 is 24.0 Å². The number of rotatable bonds is 5. The first-order valence-corrected chi connectivity index (χ1v) is 7.24. The number of nitrogens with zero attached hydrogens (tertiary/aromatic N) is 2. The Kier molecular flexibility index (Phi) is 4.79. The minimum atomic E-state index is -0.0230. The number of amides is 1. The topological polar surface area (TPSA) is 36.7 Å². The highest BCUT2D eigenvalue weighted by Gasteiger charge is 2.31. The van der Waals surface area contributed by atoms with Crippen LogP contribution in [-0.2, 0) is 4.79 Å². The molecule has 1 fully saturated rings. The van der Waals surface area contributed by atoms with Crippen molar-refractivity contribution in [3.05, 3.63) is 29.1 Å². The van der Waals surface area contributed by atoms with Crippen molar-refractivity contribution >= 4 is 40.3 Å². The molecule has 0 spiro atoms. The SMILES string of the molecule is CN(C)CCCN1C(=O)/C(=C/c2ccco2)SC1=S. The number of hydrogen-bond donors (Lipinski definition) is 0. The van der Waals surface area contributed by atoms with Gasteiger partial charge in [0.15, 0.2) is 0 Å². The van der Waals surface area contributed by atoms with E-state index in [0.29, 0.717) is 21.5 Å². The zero-order valence-electron chi connectivity index (χ0n) is 11.0. The summed E-state index contributed by atoms with van der Waals surface area (Å²) in [5.41, 5.74) is 0. The first-order valence-electron chi connectivity index (χ1n) is 6.01. The Morgan fingerprint density at radius 3 is 2.95 bits per heavy atom. The van der Waals surface area contributed by atoms with Gasteiger partial charge in [0.1, 0.15) is 10.1 Å². The minimum Gasteiger partial charge on any atom is -0.465 e. The van der Waals surface area contributed by atoms with E-state index in [-0.39, 0.29) is 5.91 Å². The molecule has 0 N–H and O–H groups in total. The number of thiocarbonyl (C=S) groups is 1. The van der Waals surface area contributed by atoms with E-state index in [4.69, 9.17) is 16.6 Å². The summed E-state index contributed by atoms with van der Waals surface area (Å²) in [5, 5.41) is 0. The van der Waals surface area contributed by atoms with Crippen molar-refractivity contribution in [2.45, 2.75) is 6.42 Å². The van der Waals surface area contributed by atoms with Gasteiger partial charge < -0.3 is 9.32 Å². The van der Waals surface area contributed by atoms with E-state index >= 15 is 0 Å². The number of thioether (sulfide) groups is 1. The van der Waals surface area contributed by atoms with Crippen molar-refractivity contribution in [3.63, 3.8) is 0 Å². The van der Waals surface area contributed by atoms with E-state index in [1.807, 2.05) is 20.2 Å². The van der Waals surface area contributed by atoms with Gasteiger partial charge in [0, 0.05) is 12.6 Å². The van der Waals surface area contributed by atoms with Crippen LogP contribution in [0.4, 0.5) is 0 Å². The molecule has 1 aliphatic heterocycles. The Labute approximate surface area is 122 Å². The summed E-state index contributed by atoms with van der Waals surface area (Å²) in [7, 11) is 4.03. The molecule has 4 nitrogen and oxygen atoms in total. The first kappa shape index (κ1) is 14.3. The molecule has 1 aromatic heterocycles. The van der Waals surface area contributed by atoms with Gasteiger partial charge in [0.2, 0.25) is 0 Å². The molecule has 0 saturated carbocycles. The van der Waals surface area contributed by atoms with E-state index in [1.165, 1.54) is 11.8 Å². The van der Waals surface area contributed by atoms with Crippen LogP contribution in [-0.4, -0.2) is 47.2 Å². The molecule has 0 atom stereocenters. The van der Waals surface area contributed by atoms with Crippen LogP contribution in [0.25, 0.3) is 6.08 Å². The normalized spacial score (nSPS) is 18.1. The van der Waals surface area contributed by atoms with E-state index in [9.17, 15) is 4.79 Å². The Morgan fingerprint density at radius 2 is 2.32 bits per heavy atom. The van der Waals surface area contributed by atoms with E-state index < -0.39 is 0 Å². The molecule has 0 bridgehead atoms. The number of furan rings is 1. The standard InChI is InChI=1S/C13H16N2O2S2/c1-14(2)6-4-7-15-12(16)11(19-13(15)18)9-10-5-3-8-17-10/h3,5,8-9H,4,6-7H2,1-2H3/b11-9-. The summed E-state index contributed by atoms with van der Waals surface area (Å²) in [4.78, 5) is 16.6.